The van der Waals surface area contributed by atoms with Crippen LogP contribution in [0.1, 0.15) is 26.8 Å². The highest BCUT2D eigenvalue weighted by Crippen LogP contribution is 2.57. The molecule has 15 heteroatoms. The van der Waals surface area contributed by atoms with Gasteiger partial charge in [-0.25, -0.2) is 0 Å². The van der Waals surface area contributed by atoms with Gasteiger partial charge in [-0.2, -0.15) is 43.9 Å². The minimum atomic E-state index is -7.09. The summed E-state index contributed by atoms with van der Waals surface area (Å²) in [4.78, 5) is 0. The van der Waals surface area contributed by atoms with Crippen LogP contribution >= 0.6 is 37.5 Å². The van der Waals surface area contributed by atoms with E-state index < -0.39 is 58.9 Å². The fourth-order valence-electron chi connectivity index (χ4n) is 2.15. The van der Waals surface area contributed by atoms with Crippen LogP contribution in [0.15, 0.2) is 10.1 Å². The van der Waals surface area contributed by atoms with E-state index in [1.54, 1.807) is 0 Å². The first-order valence-electron chi connectivity index (χ1n) is 7.27. The standard InChI is InChI=1S/C13H14F10N2S3/c1-5(2)25-7(27)6(26)24(8(25)28)4-10(16,17)12(20,21)13(22,23)11(18,19)9(3,14)15/h5,26-27H,4H2,1-3H3. The summed E-state index contributed by atoms with van der Waals surface area (Å²) in [6.07, 6.45) is 0. The Balaban J connectivity index is 3.52. The second-order valence-corrected chi connectivity index (χ2v) is 7.51. The molecule has 0 aliphatic rings. The molecule has 0 saturated heterocycles. The molecule has 0 unspecified atom stereocenters. The summed E-state index contributed by atoms with van der Waals surface area (Å²) in [6, 6.07) is -0.536. The molecular formula is C13H14F10N2S3. The first-order chi connectivity index (χ1) is 12.1. The van der Waals surface area contributed by atoms with Gasteiger partial charge in [-0.3, -0.25) is 0 Å². The number of aromatic nitrogens is 2. The predicted octanol–water partition coefficient (Wildman–Crippen LogP) is 6.37. The van der Waals surface area contributed by atoms with Gasteiger partial charge in [-0.15, -0.1) is 25.3 Å². The number of hydrogen-bond donors (Lipinski definition) is 2. The van der Waals surface area contributed by atoms with E-state index in [0.29, 0.717) is 0 Å². The number of nitrogens with zero attached hydrogens (tertiary/aromatic N) is 2. The molecule has 0 aliphatic carbocycles. The molecule has 0 bridgehead atoms. The zero-order chi connectivity index (χ0) is 22.7. The summed E-state index contributed by atoms with van der Waals surface area (Å²) in [5.41, 5.74) is 0. The van der Waals surface area contributed by atoms with Gasteiger partial charge in [0.25, 0.3) is 0 Å². The van der Waals surface area contributed by atoms with Crippen LogP contribution in [-0.4, -0.2) is 38.7 Å². The number of alkyl halides is 10. The van der Waals surface area contributed by atoms with E-state index in [2.05, 4.69) is 25.3 Å². The molecule has 164 valence electrons. The molecule has 0 N–H and O–H groups in total. The summed E-state index contributed by atoms with van der Waals surface area (Å²) >= 11 is 12.4. The molecule has 2 nitrogen and oxygen atoms in total. The molecule has 1 heterocycles. The Hall–Kier alpha value is -0.570. The SMILES string of the molecule is CC(C)n1c(S)c(S)n(CC(F)(F)C(F)(F)C(F)(F)C(F)(F)C(C)(F)F)c1=S. The highest BCUT2D eigenvalue weighted by molar-refractivity contribution is 7.83. The van der Waals surface area contributed by atoms with Gasteiger partial charge in [0, 0.05) is 13.0 Å². The van der Waals surface area contributed by atoms with Crippen LogP contribution < -0.4 is 0 Å². The lowest BCUT2D eigenvalue weighted by Crippen LogP contribution is -2.67. The maximum Gasteiger partial charge on any atom is 0.384 e. The van der Waals surface area contributed by atoms with Crippen LogP contribution in [0.2, 0.25) is 0 Å². The highest BCUT2D eigenvalue weighted by Gasteiger charge is 2.85. The zero-order valence-corrected chi connectivity index (χ0v) is 16.9. The Morgan fingerprint density at radius 1 is 0.821 bits per heavy atom. The van der Waals surface area contributed by atoms with E-state index >= 15 is 0 Å². The summed E-state index contributed by atoms with van der Waals surface area (Å²) in [7, 11) is 0. The molecule has 28 heavy (non-hydrogen) atoms. The van der Waals surface area contributed by atoms with Gasteiger partial charge in [0.05, 0.1) is 6.54 Å². The molecule has 1 aromatic rings. The van der Waals surface area contributed by atoms with E-state index in [1.807, 2.05) is 0 Å². The van der Waals surface area contributed by atoms with Crippen LogP contribution in [0.3, 0.4) is 0 Å². The highest BCUT2D eigenvalue weighted by atomic mass is 32.1. The maximum atomic E-state index is 14.1. The van der Waals surface area contributed by atoms with Gasteiger partial charge in [0.15, 0.2) is 4.77 Å². The summed E-state index contributed by atoms with van der Waals surface area (Å²) in [6.45, 7) is -0.116. The molecular weight excluding hydrogens is 470 g/mol. The largest absolute Gasteiger partial charge is 0.384 e. The Kier molecular flexibility index (Phi) is 6.63. The molecule has 0 radical (unpaired) electrons. The number of imidazole rings is 1. The van der Waals surface area contributed by atoms with E-state index in [4.69, 9.17) is 12.2 Å². The second-order valence-electron chi connectivity index (χ2n) is 6.30. The van der Waals surface area contributed by atoms with Gasteiger partial charge in [0.2, 0.25) is 0 Å². The van der Waals surface area contributed by atoms with Crippen LogP contribution in [0, 0.1) is 4.77 Å². The molecule has 0 atom stereocenters. The topological polar surface area (TPSA) is 9.86 Å². The van der Waals surface area contributed by atoms with Crippen molar-refractivity contribution >= 4 is 37.5 Å². The Morgan fingerprint density at radius 2 is 1.25 bits per heavy atom. The van der Waals surface area contributed by atoms with Crippen molar-refractivity contribution in [2.75, 3.05) is 0 Å². The van der Waals surface area contributed by atoms with Gasteiger partial charge in [-0.1, -0.05) is 0 Å². The minimum absolute atomic E-state index is 0.174. The van der Waals surface area contributed by atoms with E-state index in [-0.39, 0.29) is 9.59 Å². The fraction of sp³-hybridized carbons (Fsp3) is 0.769. The minimum Gasteiger partial charge on any atom is -0.309 e. The van der Waals surface area contributed by atoms with Crippen LogP contribution in [0.5, 0.6) is 0 Å². The lowest BCUT2D eigenvalue weighted by Gasteiger charge is -2.38. The number of hydrogen-bond acceptors (Lipinski definition) is 3. The quantitative estimate of drug-likeness (QED) is 0.260. The summed E-state index contributed by atoms with van der Waals surface area (Å²) < 4.78 is 135. The maximum absolute atomic E-state index is 14.1. The molecule has 0 amide bonds. The first-order valence-corrected chi connectivity index (χ1v) is 8.57. The Morgan fingerprint density at radius 3 is 1.57 bits per heavy atom. The third-order valence-corrected chi connectivity index (χ3v) is 5.27. The third-order valence-electron chi connectivity index (χ3n) is 3.79. The van der Waals surface area contributed by atoms with Crippen LogP contribution in [0.4, 0.5) is 43.9 Å². The van der Waals surface area contributed by atoms with Crippen molar-refractivity contribution in [2.45, 2.75) is 73.0 Å². The zero-order valence-electron chi connectivity index (χ0n) is 14.3. The lowest BCUT2D eigenvalue weighted by atomic mass is 9.95. The number of rotatable bonds is 7. The van der Waals surface area contributed by atoms with Gasteiger partial charge in [-0.05, 0) is 26.1 Å². The lowest BCUT2D eigenvalue weighted by molar-refractivity contribution is -0.400. The van der Waals surface area contributed by atoms with E-state index in [0.717, 1.165) is 4.57 Å². The monoisotopic (exact) mass is 484 g/mol. The van der Waals surface area contributed by atoms with Gasteiger partial charge < -0.3 is 9.13 Å². The average molecular weight is 484 g/mol. The molecule has 0 aliphatic heterocycles. The average Bonchev–Trinajstić information content (AvgIpc) is 2.69. The molecule has 0 spiro atoms. The predicted molar refractivity (Wildman–Crippen MR) is 88.6 cm³/mol. The van der Waals surface area contributed by atoms with Crippen molar-refractivity contribution in [2.24, 2.45) is 0 Å². The van der Waals surface area contributed by atoms with Crippen LogP contribution in [-0.2, 0) is 6.54 Å². The summed E-state index contributed by atoms with van der Waals surface area (Å²) in [5.74, 6) is -32.3. The van der Waals surface area contributed by atoms with Crippen LogP contribution in [0.25, 0.3) is 0 Å². The number of thiol groups is 2. The van der Waals surface area contributed by atoms with Crippen molar-refractivity contribution in [3.05, 3.63) is 4.77 Å². The van der Waals surface area contributed by atoms with Gasteiger partial charge >= 0.3 is 29.6 Å². The number of halogens is 10. The molecule has 1 aromatic heterocycles. The third kappa shape index (κ3) is 3.66. The normalized spacial score (nSPS) is 14.9. The Labute approximate surface area is 168 Å². The van der Waals surface area contributed by atoms with E-state index in [9.17, 15) is 43.9 Å². The first kappa shape index (κ1) is 25.5. The molecule has 0 aromatic carbocycles. The van der Waals surface area contributed by atoms with Gasteiger partial charge in [0.1, 0.15) is 10.1 Å². The molecule has 1 rings (SSSR count). The Bertz CT molecular complexity index is 792. The molecule has 0 fully saturated rings. The van der Waals surface area contributed by atoms with Crippen molar-refractivity contribution < 1.29 is 43.9 Å². The van der Waals surface area contributed by atoms with Crippen molar-refractivity contribution in [1.82, 2.24) is 9.13 Å². The van der Waals surface area contributed by atoms with Crippen molar-refractivity contribution in [3.8, 4) is 0 Å². The molecule has 0 saturated carbocycles. The second kappa shape index (κ2) is 7.29. The summed E-state index contributed by atoms with van der Waals surface area (Å²) in [5, 5.41) is -0.715. The van der Waals surface area contributed by atoms with E-state index in [1.165, 1.54) is 13.8 Å². The van der Waals surface area contributed by atoms with Crippen molar-refractivity contribution in [3.63, 3.8) is 0 Å². The fourth-order valence-corrected chi connectivity index (χ4v) is 3.46. The smallest absolute Gasteiger partial charge is 0.309 e. The van der Waals surface area contributed by atoms with Crippen molar-refractivity contribution in [1.29, 1.82) is 0 Å².